The predicted molar refractivity (Wildman–Crippen MR) is 85.1 cm³/mol. The molecular weight excluding hydrogens is 264 g/mol. The minimum Gasteiger partial charge on any atom is -0.492 e. The molecule has 0 aromatic heterocycles. The van der Waals surface area contributed by atoms with Crippen LogP contribution in [0.5, 0.6) is 5.75 Å². The van der Waals surface area contributed by atoms with Gasteiger partial charge in [0.2, 0.25) is 5.91 Å². The lowest BCUT2D eigenvalue weighted by atomic mass is 10.0. The van der Waals surface area contributed by atoms with E-state index < -0.39 is 5.91 Å². The highest BCUT2D eigenvalue weighted by atomic mass is 16.5. The number of ether oxygens (including phenoxy) is 1. The number of carbonyl (C=O) groups is 1. The number of benzene rings is 1. The number of hydrogen-bond donors (Lipinski definition) is 1. The van der Waals surface area contributed by atoms with Crippen LogP contribution in [0.2, 0.25) is 0 Å². The summed E-state index contributed by atoms with van der Waals surface area (Å²) < 4.78 is 5.78. The Hall–Kier alpha value is -1.81. The van der Waals surface area contributed by atoms with Crippen LogP contribution >= 0.6 is 0 Å². The lowest BCUT2D eigenvalue weighted by Gasteiger charge is -2.33. The third-order valence-electron chi connectivity index (χ3n) is 3.91. The first-order valence-corrected chi connectivity index (χ1v) is 7.59. The Balaban J connectivity index is 1.77. The first-order chi connectivity index (χ1) is 10.1. The molecule has 4 nitrogen and oxygen atoms in total. The van der Waals surface area contributed by atoms with E-state index >= 15 is 0 Å². The van der Waals surface area contributed by atoms with Crippen LogP contribution in [0.3, 0.4) is 0 Å². The van der Waals surface area contributed by atoms with Crippen LogP contribution in [0, 0.1) is 0 Å². The van der Waals surface area contributed by atoms with Crippen LogP contribution in [0.25, 0.3) is 6.08 Å². The molecule has 1 fully saturated rings. The van der Waals surface area contributed by atoms with Crippen molar-refractivity contribution in [2.24, 2.45) is 5.73 Å². The highest BCUT2D eigenvalue weighted by molar-refractivity contribution is 5.90. The zero-order valence-electron chi connectivity index (χ0n) is 12.6. The minimum atomic E-state index is -0.439. The van der Waals surface area contributed by atoms with Crippen LogP contribution in [0.4, 0.5) is 0 Å². The van der Waals surface area contributed by atoms with Crippen molar-refractivity contribution in [3.8, 4) is 5.75 Å². The summed E-state index contributed by atoms with van der Waals surface area (Å²) in [5, 5.41) is 0. The Morgan fingerprint density at radius 1 is 1.38 bits per heavy atom. The quantitative estimate of drug-likeness (QED) is 0.818. The van der Waals surface area contributed by atoms with Gasteiger partial charge in [-0.3, -0.25) is 9.69 Å². The van der Waals surface area contributed by atoms with Crippen molar-refractivity contribution in [1.82, 2.24) is 4.90 Å². The maximum Gasteiger partial charge on any atom is 0.241 e. The fourth-order valence-corrected chi connectivity index (χ4v) is 2.62. The monoisotopic (exact) mass is 288 g/mol. The summed E-state index contributed by atoms with van der Waals surface area (Å²) in [5.41, 5.74) is 6.00. The molecule has 0 spiro atoms. The molecule has 0 saturated carbocycles. The van der Waals surface area contributed by atoms with Gasteiger partial charge in [0.25, 0.3) is 0 Å². The van der Waals surface area contributed by atoms with Crippen molar-refractivity contribution in [1.29, 1.82) is 0 Å². The highest BCUT2D eigenvalue weighted by Gasteiger charge is 2.17. The van der Waals surface area contributed by atoms with Gasteiger partial charge in [0.05, 0.1) is 0 Å². The van der Waals surface area contributed by atoms with Crippen molar-refractivity contribution in [2.75, 3.05) is 19.7 Å². The number of rotatable bonds is 6. The summed E-state index contributed by atoms with van der Waals surface area (Å²) in [4.78, 5) is 13.2. The second kappa shape index (κ2) is 7.84. The molecule has 0 aliphatic carbocycles. The first kappa shape index (κ1) is 15.6. The van der Waals surface area contributed by atoms with E-state index in [4.69, 9.17) is 10.5 Å². The molecule has 2 rings (SSSR count). The summed E-state index contributed by atoms with van der Waals surface area (Å²) in [6, 6.07) is 8.33. The third-order valence-corrected chi connectivity index (χ3v) is 3.91. The Kier molecular flexibility index (Phi) is 5.81. The number of hydrogen-bond acceptors (Lipinski definition) is 3. The molecule has 21 heavy (non-hydrogen) atoms. The zero-order valence-corrected chi connectivity index (χ0v) is 12.6. The number of carbonyl (C=O) groups excluding carboxylic acids is 1. The second-order valence-corrected chi connectivity index (χ2v) is 5.53. The lowest BCUT2D eigenvalue weighted by Crippen LogP contribution is -2.39. The second-order valence-electron chi connectivity index (χ2n) is 5.53. The molecule has 0 bridgehead atoms. The zero-order chi connectivity index (χ0) is 15.1. The number of amides is 1. The number of primary amides is 1. The normalized spacial score (nSPS) is 19.8. The molecule has 1 atom stereocenters. The van der Waals surface area contributed by atoms with Crippen molar-refractivity contribution in [3.63, 3.8) is 0 Å². The van der Waals surface area contributed by atoms with Gasteiger partial charge >= 0.3 is 0 Å². The lowest BCUT2D eigenvalue weighted by molar-refractivity contribution is -0.113. The molecule has 114 valence electrons. The van der Waals surface area contributed by atoms with Gasteiger partial charge in [-0.25, -0.2) is 0 Å². The van der Waals surface area contributed by atoms with E-state index in [-0.39, 0.29) is 0 Å². The van der Waals surface area contributed by atoms with E-state index in [1.165, 1.54) is 31.9 Å². The van der Waals surface area contributed by atoms with Gasteiger partial charge in [0.1, 0.15) is 12.4 Å². The summed E-state index contributed by atoms with van der Waals surface area (Å²) >= 11 is 0. The van der Waals surface area contributed by atoms with Crippen LogP contribution in [0.15, 0.2) is 30.3 Å². The molecule has 1 unspecified atom stereocenters. The minimum absolute atomic E-state index is 0.439. The average Bonchev–Trinajstić information content (AvgIpc) is 2.48. The van der Waals surface area contributed by atoms with E-state index in [0.29, 0.717) is 12.6 Å². The Labute approximate surface area is 126 Å². The molecule has 1 aliphatic rings. The van der Waals surface area contributed by atoms with E-state index in [1.807, 2.05) is 24.3 Å². The smallest absolute Gasteiger partial charge is 0.241 e. The first-order valence-electron chi connectivity index (χ1n) is 7.59. The fraction of sp³-hybridized carbons (Fsp3) is 0.471. The molecule has 1 aromatic carbocycles. The highest BCUT2D eigenvalue weighted by Crippen LogP contribution is 2.17. The van der Waals surface area contributed by atoms with E-state index in [1.54, 1.807) is 6.08 Å². The Morgan fingerprint density at radius 3 is 2.81 bits per heavy atom. The molecule has 4 heteroatoms. The van der Waals surface area contributed by atoms with Crippen LogP contribution in [-0.2, 0) is 4.79 Å². The topological polar surface area (TPSA) is 55.6 Å². The molecule has 1 heterocycles. The summed E-state index contributed by atoms with van der Waals surface area (Å²) in [6.45, 7) is 5.16. The molecule has 1 amide bonds. The summed E-state index contributed by atoms with van der Waals surface area (Å²) in [5.74, 6) is 0.418. The van der Waals surface area contributed by atoms with Gasteiger partial charge in [-0.15, -0.1) is 0 Å². The van der Waals surface area contributed by atoms with E-state index in [2.05, 4.69) is 11.8 Å². The van der Waals surface area contributed by atoms with Crippen molar-refractivity contribution in [3.05, 3.63) is 35.9 Å². The van der Waals surface area contributed by atoms with Crippen molar-refractivity contribution < 1.29 is 9.53 Å². The Bertz CT molecular complexity index is 482. The maximum atomic E-state index is 10.7. The van der Waals surface area contributed by atoms with Crippen LogP contribution < -0.4 is 10.5 Å². The summed E-state index contributed by atoms with van der Waals surface area (Å²) in [6.07, 6.45) is 6.99. The van der Waals surface area contributed by atoms with E-state index in [9.17, 15) is 4.79 Å². The van der Waals surface area contributed by atoms with Gasteiger partial charge in [0, 0.05) is 18.7 Å². The van der Waals surface area contributed by atoms with Crippen LogP contribution in [-0.4, -0.2) is 36.5 Å². The van der Waals surface area contributed by atoms with Gasteiger partial charge in [-0.05, 0) is 50.1 Å². The molecule has 1 saturated heterocycles. The number of nitrogens with zero attached hydrogens (tertiary/aromatic N) is 1. The molecular formula is C17H24N2O2. The van der Waals surface area contributed by atoms with Crippen molar-refractivity contribution >= 4 is 12.0 Å². The van der Waals surface area contributed by atoms with Crippen molar-refractivity contribution in [2.45, 2.75) is 32.2 Å². The van der Waals surface area contributed by atoms with Gasteiger partial charge in [-0.1, -0.05) is 18.6 Å². The van der Waals surface area contributed by atoms with E-state index in [0.717, 1.165) is 17.9 Å². The predicted octanol–water partition coefficient (Wildman–Crippen LogP) is 2.44. The standard InChI is InChI=1S/C17H24N2O2/c1-14-4-2-3-11-19(14)12-13-21-16-8-5-15(6-9-16)7-10-17(18)20/h5-10,14H,2-4,11-13H2,1H3,(H2,18,20)/b10-7-. The number of piperidine rings is 1. The molecule has 1 aromatic rings. The molecule has 1 aliphatic heterocycles. The number of nitrogens with two attached hydrogens (primary N) is 1. The SMILES string of the molecule is CC1CCCCN1CCOc1ccc(/C=C\C(N)=O)cc1. The Morgan fingerprint density at radius 2 is 2.14 bits per heavy atom. The largest absolute Gasteiger partial charge is 0.492 e. The molecule has 0 radical (unpaired) electrons. The van der Waals surface area contributed by atoms with Crippen LogP contribution in [0.1, 0.15) is 31.7 Å². The maximum absolute atomic E-state index is 10.7. The fourth-order valence-electron chi connectivity index (χ4n) is 2.62. The average molecular weight is 288 g/mol. The number of likely N-dealkylation sites (tertiary alicyclic amines) is 1. The van der Waals surface area contributed by atoms with Gasteiger partial charge in [-0.2, -0.15) is 0 Å². The summed E-state index contributed by atoms with van der Waals surface area (Å²) in [7, 11) is 0. The van der Waals surface area contributed by atoms with Gasteiger partial charge < -0.3 is 10.5 Å². The molecule has 2 N–H and O–H groups in total. The third kappa shape index (κ3) is 5.23. The van der Waals surface area contributed by atoms with Gasteiger partial charge in [0.15, 0.2) is 0 Å².